The molecular weight excluding hydrogens is 380 g/mol. The fraction of sp³-hybridized carbons (Fsp3) is 0.957. The summed E-state index contributed by atoms with van der Waals surface area (Å²) in [6.07, 6.45) is 3.56. The van der Waals surface area contributed by atoms with E-state index in [-0.39, 0.29) is 24.1 Å². The molecule has 2 aliphatic heterocycles. The Bertz CT molecular complexity index is 619. The molecule has 7 heteroatoms. The van der Waals surface area contributed by atoms with Gasteiger partial charge in [-0.3, -0.25) is 24.4 Å². The second-order valence-corrected chi connectivity index (χ2v) is 10.6. The molecule has 0 radical (unpaired) electrons. The van der Waals surface area contributed by atoms with Gasteiger partial charge in [0.1, 0.15) is 0 Å². The molecule has 0 bridgehead atoms. The van der Waals surface area contributed by atoms with Crippen molar-refractivity contribution in [1.29, 1.82) is 0 Å². The maximum Gasteiger partial charge on any atom is 0.308 e. The minimum atomic E-state index is -0.624. The lowest BCUT2D eigenvalue weighted by Gasteiger charge is -2.55. The van der Waals surface area contributed by atoms with E-state index in [2.05, 4.69) is 47.5 Å². The quantitative estimate of drug-likeness (QED) is 0.707. The monoisotopic (exact) mass is 422 g/mol. The Morgan fingerprint density at radius 2 is 1.30 bits per heavy atom. The first-order valence-corrected chi connectivity index (χ1v) is 12.1. The summed E-state index contributed by atoms with van der Waals surface area (Å²) >= 11 is 0. The molecule has 0 spiro atoms. The summed E-state index contributed by atoms with van der Waals surface area (Å²) in [5.74, 6) is 0.853. The third-order valence-electron chi connectivity index (χ3n) is 8.66. The van der Waals surface area contributed by atoms with Crippen molar-refractivity contribution in [1.82, 2.24) is 19.6 Å². The van der Waals surface area contributed by atoms with Gasteiger partial charge in [0.15, 0.2) is 0 Å². The number of nitrogens with zero attached hydrogens (tertiary/aromatic N) is 4. The predicted molar refractivity (Wildman–Crippen MR) is 117 cm³/mol. The Morgan fingerprint density at radius 1 is 0.800 bits per heavy atom. The highest BCUT2D eigenvalue weighted by Crippen LogP contribution is 2.47. The number of rotatable bonds is 4. The van der Waals surface area contributed by atoms with E-state index in [0.29, 0.717) is 23.7 Å². The highest BCUT2D eigenvalue weighted by atomic mass is 16.4. The van der Waals surface area contributed by atoms with Gasteiger partial charge in [-0.15, -0.1) is 0 Å². The van der Waals surface area contributed by atoms with E-state index >= 15 is 0 Å². The summed E-state index contributed by atoms with van der Waals surface area (Å²) in [7, 11) is 4.34. The lowest BCUT2D eigenvalue weighted by Crippen LogP contribution is -2.63. The van der Waals surface area contributed by atoms with Crippen molar-refractivity contribution in [2.24, 2.45) is 29.6 Å². The smallest absolute Gasteiger partial charge is 0.308 e. The Morgan fingerprint density at radius 3 is 1.83 bits per heavy atom. The van der Waals surface area contributed by atoms with Crippen molar-refractivity contribution in [2.75, 3.05) is 53.6 Å². The normalized spacial score (nSPS) is 44.4. The van der Waals surface area contributed by atoms with Crippen LogP contribution >= 0.6 is 0 Å². The molecule has 172 valence electrons. The molecule has 4 aliphatic rings. The van der Waals surface area contributed by atoms with Crippen molar-refractivity contribution < 1.29 is 15.0 Å². The molecule has 2 saturated carbocycles. The number of aliphatic carboxylic acids is 1. The van der Waals surface area contributed by atoms with Crippen LogP contribution in [0.15, 0.2) is 0 Å². The third-order valence-corrected chi connectivity index (χ3v) is 8.66. The first kappa shape index (κ1) is 22.5. The van der Waals surface area contributed by atoms with Crippen LogP contribution in [0.2, 0.25) is 0 Å². The molecule has 0 aromatic heterocycles. The maximum absolute atomic E-state index is 12.3. The van der Waals surface area contributed by atoms with Gasteiger partial charge in [0.2, 0.25) is 0 Å². The summed E-state index contributed by atoms with van der Waals surface area (Å²) in [5.41, 5.74) is 0. The van der Waals surface area contributed by atoms with Gasteiger partial charge in [-0.25, -0.2) is 0 Å². The Hall–Kier alpha value is -0.730. The molecule has 4 fully saturated rings. The van der Waals surface area contributed by atoms with Gasteiger partial charge in [-0.1, -0.05) is 13.8 Å². The summed E-state index contributed by atoms with van der Waals surface area (Å²) in [5, 5.41) is 21.2. The van der Waals surface area contributed by atoms with Crippen LogP contribution in [0, 0.1) is 29.6 Å². The number of aliphatic hydroxyl groups excluding tert-OH is 1. The van der Waals surface area contributed by atoms with Gasteiger partial charge in [0.25, 0.3) is 0 Å². The highest BCUT2D eigenvalue weighted by Gasteiger charge is 2.51. The van der Waals surface area contributed by atoms with Crippen molar-refractivity contribution >= 4 is 5.97 Å². The van der Waals surface area contributed by atoms with E-state index in [1.807, 2.05) is 0 Å². The molecule has 7 nitrogen and oxygen atoms in total. The molecule has 2 N–H and O–H groups in total. The lowest BCUT2D eigenvalue weighted by molar-refractivity contribution is -0.154. The lowest BCUT2D eigenvalue weighted by atomic mass is 9.61. The maximum atomic E-state index is 12.3. The van der Waals surface area contributed by atoms with E-state index in [9.17, 15) is 15.0 Å². The van der Waals surface area contributed by atoms with Gasteiger partial charge < -0.3 is 10.2 Å². The fourth-order valence-electron chi connectivity index (χ4n) is 7.63. The molecule has 2 aliphatic carbocycles. The first-order chi connectivity index (χ1) is 14.3. The number of fused-ring (bicyclic) bond motifs is 2. The SMILES string of the molecule is CCN1CN(C)CC2CC(C3CC4CN(C)CN(CC)C4C(C(=O)O)C3)CC(O)C21. The zero-order valence-corrected chi connectivity index (χ0v) is 19.3. The number of aliphatic hydroxyl groups is 1. The second kappa shape index (κ2) is 9.02. The van der Waals surface area contributed by atoms with Crippen molar-refractivity contribution in [3.63, 3.8) is 0 Å². The van der Waals surface area contributed by atoms with Crippen LogP contribution in [0.25, 0.3) is 0 Å². The van der Waals surface area contributed by atoms with E-state index < -0.39 is 5.97 Å². The minimum absolute atomic E-state index is 0.164. The highest BCUT2D eigenvalue weighted by molar-refractivity contribution is 5.71. The molecule has 0 amide bonds. The molecule has 30 heavy (non-hydrogen) atoms. The molecule has 4 rings (SSSR count). The predicted octanol–water partition coefficient (Wildman–Crippen LogP) is 1.29. The number of likely N-dealkylation sites (N-methyl/N-ethyl adjacent to an activating group) is 1. The van der Waals surface area contributed by atoms with Crippen molar-refractivity contribution in [2.45, 2.75) is 57.7 Å². The zero-order valence-electron chi connectivity index (χ0n) is 19.3. The molecular formula is C23H42N4O3. The average Bonchev–Trinajstić information content (AvgIpc) is 2.70. The Balaban J connectivity index is 1.52. The Labute approximate surface area is 182 Å². The van der Waals surface area contributed by atoms with Crippen LogP contribution in [-0.2, 0) is 4.79 Å². The summed E-state index contributed by atoms with van der Waals surface area (Å²) < 4.78 is 0. The van der Waals surface area contributed by atoms with Crippen molar-refractivity contribution in [3.8, 4) is 0 Å². The van der Waals surface area contributed by atoms with Crippen LogP contribution < -0.4 is 0 Å². The van der Waals surface area contributed by atoms with E-state index in [0.717, 1.165) is 65.2 Å². The van der Waals surface area contributed by atoms with Crippen molar-refractivity contribution in [3.05, 3.63) is 0 Å². The van der Waals surface area contributed by atoms with Crippen LogP contribution in [0.1, 0.15) is 39.5 Å². The molecule has 8 unspecified atom stereocenters. The topological polar surface area (TPSA) is 70.5 Å². The summed E-state index contributed by atoms with van der Waals surface area (Å²) in [6, 6.07) is 0.433. The molecule has 0 aromatic carbocycles. The molecule has 2 heterocycles. The van der Waals surface area contributed by atoms with Gasteiger partial charge in [-0.2, -0.15) is 0 Å². The average molecular weight is 423 g/mol. The van der Waals surface area contributed by atoms with Gasteiger partial charge >= 0.3 is 5.97 Å². The van der Waals surface area contributed by atoms with Gasteiger partial charge in [-0.05, 0) is 76.5 Å². The van der Waals surface area contributed by atoms with Gasteiger partial charge in [0.05, 0.1) is 25.4 Å². The van der Waals surface area contributed by atoms with E-state index in [1.165, 1.54) is 0 Å². The molecule has 0 aromatic rings. The largest absolute Gasteiger partial charge is 0.481 e. The summed E-state index contributed by atoms with van der Waals surface area (Å²) in [6.45, 7) is 10.1. The minimum Gasteiger partial charge on any atom is -0.481 e. The van der Waals surface area contributed by atoms with Crippen LogP contribution in [0.4, 0.5) is 0 Å². The molecule has 8 atom stereocenters. The fourth-order valence-corrected chi connectivity index (χ4v) is 7.63. The molecule has 2 saturated heterocycles. The summed E-state index contributed by atoms with van der Waals surface area (Å²) in [4.78, 5) is 21.8. The Kier molecular flexibility index (Phi) is 6.76. The van der Waals surface area contributed by atoms with Crippen LogP contribution in [0.3, 0.4) is 0 Å². The number of carbonyl (C=O) groups is 1. The standard InChI is InChI=1S/C23H42N4O3/c1-5-26-13-24(3)11-17-7-15(9-19(21(17)26)23(29)30)16-8-18-12-25(4)14-27(6-2)22(18)20(28)10-16/h15-22,28H,5-14H2,1-4H3,(H,29,30). The van der Waals surface area contributed by atoms with E-state index in [4.69, 9.17) is 0 Å². The van der Waals surface area contributed by atoms with E-state index in [1.54, 1.807) is 0 Å². The number of hydrogen-bond donors (Lipinski definition) is 2. The second-order valence-electron chi connectivity index (χ2n) is 10.6. The zero-order chi connectivity index (χ0) is 21.6. The first-order valence-electron chi connectivity index (χ1n) is 12.1. The third kappa shape index (κ3) is 4.16. The number of hydrogen-bond acceptors (Lipinski definition) is 6. The number of carboxylic acids is 1. The van der Waals surface area contributed by atoms with Crippen LogP contribution in [-0.4, -0.2) is 108 Å². The number of carboxylic acid groups (broad SMARTS) is 1. The van der Waals surface area contributed by atoms with Crippen LogP contribution in [0.5, 0.6) is 0 Å². The van der Waals surface area contributed by atoms with Gasteiger partial charge in [0, 0.05) is 25.2 Å².